The van der Waals surface area contributed by atoms with Crippen molar-refractivity contribution in [1.29, 1.82) is 0 Å². The van der Waals surface area contributed by atoms with Crippen molar-refractivity contribution in [2.24, 2.45) is 5.92 Å². The Hall–Kier alpha value is -0.910. The normalized spacial score (nSPS) is 26.0. The Morgan fingerprint density at radius 1 is 1.33 bits per heavy atom. The number of hydrogen-bond acceptors (Lipinski definition) is 3. The second-order valence-corrected chi connectivity index (χ2v) is 7.05. The van der Waals surface area contributed by atoms with Crippen LogP contribution >= 0.6 is 15.9 Å². The van der Waals surface area contributed by atoms with Gasteiger partial charge >= 0.3 is 5.97 Å². The Bertz CT molecular complexity index is 481. The summed E-state index contributed by atoms with van der Waals surface area (Å²) in [6.45, 7) is 1.35. The fourth-order valence-electron chi connectivity index (χ4n) is 3.02. The van der Waals surface area contributed by atoms with E-state index in [0.717, 1.165) is 11.0 Å². The van der Waals surface area contributed by atoms with Crippen LogP contribution in [-0.2, 0) is 11.3 Å². The van der Waals surface area contributed by atoms with Gasteiger partial charge in [0.1, 0.15) is 0 Å². The van der Waals surface area contributed by atoms with Gasteiger partial charge in [0.05, 0.1) is 11.5 Å². The Morgan fingerprint density at radius 2 is 1.90 bits per heavy atom. The zero-order chi connectivity index (χ0) is 15.5. The van der Waals surface area contributed by atoms with Gasteiger partial charge in [-0.25, -0.2) is 0 Å². The van der Waals surface area contributed by atoms with E-state index in [1.165, 1.54) is 5.56 Å². The van der Waals surface area contributed by atoms with Crippen LogP contribution in [-0.4, -0.2) is 40.3 Å². The predicted molar refractivity (Wildman–Crippen MR) is 85.0 cm³/mol. The van der Waals surface area contributed by atoms with Crippen molar-refractivity contribution in [3.8, 4) is 0 Å². The molecule has 0 bridgehead atoms. The molecule has 2 rings (SSSR count). The molecule has 21 heavy (non-hydrogen) atoms. The first-order chi connectivity index (χ1) is 9.88. The molecule has 0 atom stereocenters. The van der Waals surface area contributed by atoms with Crippen molar-refractivity contribution in [2.45, 2.75) is 37.8 Å². The van der Waals surface area contributed by atoms with E-state index in [0.29, 0.717) is 32.2 Å². The predicted octanol–water partition coefficient (Wildman–Crippen LogP) is 2.89. The van der Waals surface area contributed by atoms with Gasteiger partial charge in [-0.3, -0.25) is 9.69 Å². The van der Waals surface area contributed by atoms with Gasteiger partial charge in [-0.2, -0.15) is 0 Å². The monoisotopic (exact) mass is 355 g/mol. The first-order valence-corrected chi connectivity index (χ1v) is 8.05. The fourth-order valence-corrected chi connectivity index (χ4v) is 3.28. The van der Waals surface area contributed by atoms with Gasteiger partial charge < -0.3 is 10.2 Å². The number of halogens is 1. The average molecular weight is 356 g/mol. The molecule has 116 valence electrons. The van der Waals surface area contributed by atoms with E-state index >= 15 is 0 Å². The standard InChI is InChI=1S/C16H22BrNO3/c1-18(10-12-2-4-14(17)5-3-12)11-16(21)8-6-13(7-9-16)15(19)20/h2-5,13,21H,6-11H2,1H3,(H,19,20). The van der Waals surface area contributed by atoms with Gasteiger partial charge in [0, 0.05) is 17.6 Å². The van der Waals surface area contributed by atoms with Crippen molar-refractivity contribution in [2.75, 3.05) is 13.6 Å². The lowest BCUT2D eigenvalue weighted by atomic mass is 9.78. The molecule has 0 heterocycles. The summed E-state index contributed by atoms with van der Waals surface area (Å²) in [6, 6.07) is 8.14. The molecule has 1 aliphatic rings. The fraction of sp³-hybridized carbons (Fsp3) is 0.562. The van der Waals surface area contributed by atoms with E-state index in [2.05, 4.69) is 33.0 Å². The molecule has 0 aromatic heterocycles. The maximum absolute atomic E-state index is 11.0. The molecular weight excluding hydrogens is 334 g/mol. The number of rotatable bonds is 5. The molecule has 0 amide bonds. The van der Waals surface area contributed by atoms with Crippen LogP contribution in [0.3, 0.4) is 0 Å². The molecule has 0 radical (unpaired) electrons. The molecule has 5 heteroatoms. The summed E-state index contributed by atoms with van der Waals surface area (Å²) in [7, 11) is 1.99. The van der Waals surface area contributed by atoms with Crippen molar-refractivity contribution in [3.63, 3.8) is 0 Å². The van der Waals surface area contributed by atoms with Crippen molar-refractivity contribution in [1.82, 2.24) is 4.90 Å². The zero-order valence-electron chi connectivity index (χ0n) is 12.3. The molecule has 2 N–H and O–H groups in total. The summed E-state index contributed by atoms with van der Waals surface area (Å²) < 4.78 is 1.06. The topological polar surface area (TPSA) is 60.8 Å². The molecule has 0 spiro atoms. The first kappa shape index (κ1) is 16.5. The third kappa shape index (κ3) is 4.80. The highest BCUT2D eigenvalue weighted by Gasteiger charge is 2.36. The second-order valence-electron chi connectivity index (χ2n) is 6.14. The Kier molecular flexibility index (Phi) is 5.41. The highest BCUT2D eigenvalue weighted by Crippen LogP contribution is 2.33. The zero-order valence-corrected chi connectivity index (χ0v) is 13.8. The van der Waals surface area contributed by atoms with Crippen LogP contribution in [0.5, 0.6) is 0 Å². The molecule has 0 aliphatic heterocycles. The molecule has 1 saturated carbocycles. The van der Waals surface area contributed by atoms with Gasteiger partial charge in [-0.05, 0) is 50.4 Å². The van der Waals surface area contributed by atoms with E-state index in [-0.39, 0.29) is 5.92 Å². The third-order valence-electron chi connectivity index (χ3n) is 4.20. The largest absolute Gasteiger partial charge is 0.481 e. The van der Waals surface area contributed by atoms with Crippen LogP contribution in [0.25, 0.3) is 0 Å². The average Bonchev–Trinajstić information content (AvgIpc) is 2.41. The van der Waals surface area contributed by atoms with Crippen molar-refractivity contribution >= 4 is 21.9 Å². The quantitative estimate of drug-likeness (QED) is 0.852. The summed E-state index contributed by atoms with van der Waals surface area (Å²) in [5, 5.41) is 19.6. The van der Waals surface area contributed by atoms with E-state index in [4.69, 9.17) is 5.11 Å². The number of nitrogens with zero attached hydrogens (tertiary/aromatic N) is 1. The molecule has 1 fully saturated rings. The van der Waals surface area contributed by atoms with Crippen LogP contribution in [0.2, 0.25) is 0 Å². The van der Waals surface area contributed by atoms with Gasteiger partial charge in [-0.1, -0.05) is 28.1 Å². The first-order valence-electron chi connectivity index (χ1n) is 7.26. The summed E-state index contributed by atoms with van der Waals surface area (Å²) in [6.07, 6.45) is 2.26. The second kappa shape index (κ2) is 6.90. The van der Waals surface area contributed by atoms with Gasteiger partial charge in [-0.15, -0.1) is 0 Å². The summed E-state index contributed by atoms with van der Waals surface area (Å²) in [5.74, 6) is -1.03. The molecule has 1 aliphatic carbocycles. The van der Waals surface area contributed by atoms with Gasteiger partial charge in [0.2, 0.25) is 0 Å². The molecule has 0 saturated heterocycles. The molecule has 1 aromatic rings. The molecule has 0 unspecified atom stereocenters. The SMILES string of the molecule is CN(Cc1ccc(Br)cc1)CC1(O)CCC(C(=O)O)CC1. The van der Waals surface area contributed by atoms with Crippen LogP contribution in [0.15, 0.2) is 28.7 Å². The summed E-state index contributed by atoms with van der Waals surface area (Å²) >= 11 is 3.42. The Balaban J connectivity index is 1.86. The lowest BCUT2D eigenvalue weighted by Gasteiger charge is -2.37. The van der Waals surface area contributed by atoms with Crippen molar-refractivity contribution in [3.05, 3.63) is 34.3 Å². The van der Waals surface area contributed by atoms with Crippen LogP contribution in [0, 0.1) is 5.92 Å². The van der Waals surface area contributed by atoms with Crippen LogP contribution < -0.4 is 0 Å². The number of benzene rings is 1. The number of likely N-dealkylation sites (N-methyl/N-ethyl adjacent to an activating group) is 1. The van der Waals surface area contributed by atoms with Gasteiger partial charge in [0.15, 0.2) is 0 Å². The number of aliphatic hydroxyl groups is 1. The minimum atomic E-state index is -0.754. The summed E-state index contributed by atoms with van der Waals surface area (Å²) in [4.78, 5) is 13.1. The maximum atomic E-state index is 11.0. The Labute approximate surface area is 133 Å². The number of carbonyl (C=O) groups is 1. The van der Waals surface area contributed by atoms with E-state index in [9.17, 15) is 9.90 Å². The minimum Gasteiger partial charge on any atom is -0.481 e. The van der Waals surface area contributed by atoms with Crippen LogP contribution in [0.4, 0.5) is 0 Å². The number of carboxylic acid groups (broad SMARTS) is 1. The highest BCUT2D eigenvalue weighted by atomic mass is 79.9. The van der Waals surface area contributed by atoms with Gasteiger partial charge in [0.25, 0.3) is 0 Å². The number of aliphatic carboxylic acids is 1. The van der Waals surface area contributed by atoms with E-state index < -0.39 is 11.6 Å². The number of carboxylic acids is 1. The Morgan fingerprint density at radius 3 is 2.43 bits per heavy atom. The lowest BCUT2D eigenvalue weighted by Crippen LogP contribution is -2.44. The number of hydrogen-bond donors (Lipinski definition) is 2. The van der Waals surface area contributed by atoms with Crippen LogP contribution in [0.1, 0.15) is 31.2 Å². The lowest BCUT2D eigenvalue weighted by molar-refractivity contribution is -0.145. The molecular formula is C16H22BrNO3. The van der Waals surface area contributed by atoms with E-state index in [1.807, 2.05) is 19.2 Å². The minimum absolute atomic E-state index is 0.290. The third-order valence-corrected chi connectivity index (χ3v) is 4.72. The van der Waals surface area contributed by atoms with Crippen molar-refractivity contribution < 1.29 is 15.0 Å². The molecule has 1 aromatic carbocycles. The smallest absolute Gasteiger partial charge is 0.306 e. The summed E-state index contributed by atoms with van der Waals surface area (Å²) in [5.41, 5.74) is 0.444. The maximum Gasteiger partial charge on any atom is 0.306 e. The van der Waals surface area contributed by atoms with E-state index in [1.54, 1.807) is 0 Å². The molecule has 4 nitrogen and oxygen atoms in total. The highest BCUT2D eigenvalue weighted by molar-refractivity contribution is 9.10.